The van der Waals surface area contributed by atoms with Crippen LogP contribution in [0.1, 0.15) is 12.8 Å². The first-order chi connectivity index (χ1) is 8.70. The van der Waals surface area contributed by atoms with Gasteiger partial charge in [0.2, 0.25) is 5.91 Å². The minimum absolute atomic E-state index is 0.00353. The summed E-state index contributed by atoms with van der Waals surface area (Å²) in [5.41, 5.74) is 0. The highest BCUT2D eigenvalue weighted by Gasteiger charge is 2.27. The van der Waals surface area contributed by atoms with Crippen LogP contribution in [0.3, 0.4) is 0 Å². The molecule has 7 nitrogen and oxygen atoms in total. The molecule has 1 aromatic rings. The molecule has 0 saturated carbocycles. The fraction of sp³-hybridized carbons (Fsp3) is 0.636. The molecule has 7 heteroatoms. The molecule has 0 bridgehead atoms. The van der Waals surface area contributed by atoms with E-state index >= 15 is 0 Å². The Morgan fingerprint density at radius 3 is 2.67 bits per heavy atom. The molecule has 0 N–H and O–H groups in total. The summed E-state index contributed by atoms with van der Waals surface area (Å²) in [4.78, 5) is 28.8. The highest BCUT2D eigenvalue weighted by atomic mass is 16.5. The molecular weight excluding hydrogens is 236 g/mol. The summed E-state index contributed by atoms with van der Waals surface area (Å²) in [5.74, 6) is -0.257. The number of carbonyl (C=O) groups excluding carboxylic acids is 2. The van der Waals surface area contributed by atoms with Gasteiger partial charge < -0.3 is 9.64 Å². The number of likely N-dealkylation sites (tertiary alicyclic amines) is 1. The molecule has 1 aromatic heterocycles. The topological polar surface area (TPSA) is 77.3 Å². The van der Waals surface area contributed by atoms with Gasteiger partial charge in [-0.1, -0.05) is 0 Å². The fourth-order valence-corrected chi connectivity index (χ4v) is 2.08. The van der Waals surface area contributed by atoms with Crippen molar-refractivity contribution in [2.45, 2.75) is 19.4 Å². The molecule has 2 heterocycles. The highest BCUT2D eigenvalue weighted by Crippen LogP contribution is 2.18. The molecule has 0 spiro atoms. The molecule has 0 aliphatic carbocycles. The Hall–Kier alpha value is -1.92. The van der Waals surface area contributed by atoms with Crippen molar-refractivity contribution in [1.29, 1.82) is 0 Å². The largest absolute Gasteiger partial charge is 0.469 e. The Labute approximate surface area is 105 Å². The molecule has 1 fully saturated rings. The van der Waals surface area contributed by atoms with Gasteiger partial charge in [0.05, 0.1) is 13.0 Å². The van der Waals surface area contributed by atoms with Crippen LogP contribution in [-0.4, -0.2) is 51.7 Å². The quantitative estimate of drug-likeness (QED) is 0.690. The van der Waals surface area contributed by atoms with Gasteiger partial charge in [-0.3, -0.25) is 9.59 Å². The molecule has 98 valence electrons. The lowest BCUT2D eigenvalue weighted by Gasteiger charge is -2.30. The first-order valence-corrected chi connectivity index (χ1v) is 5.88. The predicted octanol–water partition coefficient (Wildman–Crippen LogP) is -0.310. The summed E-state index contributed by atoms with van der Waals surface area (Å²) in [6, 6.07) is 0. The lowest BCUT2D eigenvalue weighted by Crippen LogP contribution is -2.42. The summed E-state index contributed by atoms with van der Waals surface area (Å²) in [7, 11) is 1.39. The van der Waals surface area contributed by atoms with Crippen molar-refractivity contribution in [3.8, 4) is 0 Å². The third-order valence-electron chi connectivity index (χ3n) is 3.15. The zero-order valence-corrected chi connectivity index (χ0v) is 10.3. The molecule has 18 heavy (non-hydrogen) atoms. The fourth-order valence-electron chi connectivity index (χ4n) is 2.08. The standard InChI is InChI=1S/C11H16N4O3/c1-18-11(17)9-2-4-14(5-3-9)10(16)6-15-8-12-7-13-15/h7-9H,2-6H2,1H3. The Kier molecular flexibility index (Phi) is 3.91. The van der Waals surface area contributed by atoms with E-state index in [9.17, 15) is 9.59 Å². The van der Waals surface area contributed by atoms with E-state index in [4.69, 9.17) is 4.74 Å². The van der Waals surface area contributed by atoms with Crippen LogP contribution < -0.4 is 0 Å². The second-order valence-corrected chi connectivity index (χ2v) is 4.27. The van der Waals surface area contributed by atoms with E-state index in [2.05, 4.69) is 10.1 Å². The SMILES string of the molecule is COC(=O)C1CCN(C(=O)Cn2cncn2)CC1. The maximum Gasteiger partial charge on any atom is 0.308 e. The third kappa shape index (κ3) is 2.85. The van der Waals surface area contributed by atoms with Crippen molar-refractivity contribution in [3.05, 3.63) is 12.7 Å². The molecule has 0 unspecified atom stereocenters. The average Bonchev–Trinajstić information content (AvgIpc) is 2.91. The van der Waals surface area contributed by atoms with Gasteiger partial charge in [-0.2, -0.15) is 5.10 Å². The van der Waals surface area contributed by atoms with Crippen LogP contribution >= 0.6 is 0 Å². The number of esters is 1. The van der Waals surface area contributed by atoms with Crippen molar-refractivity contribution in [3.63, 3.8) is 0 Å². The number of rotatable bonds is 3. The number of carbonyl (C=O) groups is 2. The maximum atomic E-state index is 11.9. The Morgan fingerprint density at radius 2 is 2.11 bits per heavy atom. The van der Waals surface area contributed by atoms with Gasteiger partial charge in [0.15, 0.2) is 0 Å². The monoisotopic (exact) mass is 252 g/mol. The normalized spacial score (nSPS) is 16.6. The van der Waals surface area contributed by atoms with Crippen LogP contribution in [0, 0.1) is 5.92 Å². The van der Waals surface area contributed by atoms with Crippen LogP contribution in [-0.2, 0) is 20.9 Å². The molecule has 0 radical (unpaired) electrons. The predicted molar refractivity (Wildman–Crippen MR) is 61.3 cm³/mol. The first kappa shape index (κ1) is 12.5. The summed E-state index contributed by atoms with van der Waals surface area (Å²) in [6.45, 7) is 1.38. The first-order valence-electron chi connectivity index (χ1n) is 5.88. The number of hydrogen-bond acceptors (Lipinski definition) is 5. The molecule has 1 saturated heterocycles. The Balaban J connectivity index is 1.82. The zero-order chi connectivity index (χ0) is 13.0. The smallest absolute Gasteiger partial charge is 0.308 e. The second-order valence-electron chi connectivity index (χ2n) is 4.27. The highest BCUT2D eigenvalue weighted by molar-refractivity contribution is 5.77. The molecule has 2 rings (SSSR count). The molecule has 0 atom stereocenters. The summed E-state index contributed by atoms with van der Waals surface area (Å²) in [5, 5.41) is 3.89. The van der Waals surface area contributed by atoms with E-state index in [1.165, 1.54) is 24.4 Å². The van der Waals surface area contributed by atoms with Crippen molar-refractivity contribution in [1.82, 2.24) is 19.7 Å². The maximum absolute atomic E-state index is 11.9. The number of amides is 1. The molecule has 1 amide bonds. The summed E-state index contributed by atoms with van der Waals surface area (Å²) in [6.07, 6.45) is 4.24. The molecular formula is C11H16N4O3. The van der Waals surface area contributed by atoms with E-state index in [1.54, 1.807) is 4.90 Å². The van der Waals surface area contributed by atoms with Crippen LogP contribution in [0.25, 0.3) is 0 Å². The molecule has 1 aliphatic rings. The number of piperidine rings is 1. The van der Waals surface area contributed by atoms with Gasteiger partial charge >= 0.3 is 5.97 Å². The van der Waals surface area contributed by atoms with Crippen molar-refractivity contribution in [2.24, 2.45) is 5.92 Å². The summed E-state index contributed by atoms with van der Waals surface area (Å²) < 4.78 is 6.20. The number of ether oxygens (including phenoxy) is 1. The van der Waals surface area contributed by atoms with Crippen molar-refractivity contribution in [2.75, 3.05) is 20.2 Å². The van der Waals surface area contributed by atoms with Crippen molar-refractivity contribution < 1.29 is 14.3 Å². The zero-order valence-electron chi connectivity index (χ0n) is 10.3. The van der Waals surface area contributed by atoms with Gasteiger partial charge in [-0.25, -0.2) is 9.67 Å². The minimum atomic E-state index is -0.182. The van der Waals surface area contributed by atoms with Gasteiger partial charge in [0.1, 0.15) is 19.2 Å². The molecule has 0 aromatic carbocycles. The minimum Gasteiger partial charge on any atom is -0.469 e. The average molecular weight is 252 g/mol. The van der Waals surface area contributed by atoms with Crippen LogP contribution in [0.15, 0.2) is 12.7 Å². The number of aromatic nitrogens is 3. The lowest BCUT2D eigenvalue weighted by molar-refractivity contribution is -0.149. The van der Waals surface area contributed by atoms with Crippen LogP contribution in [0.5, 0.6) is 0 Å². The van der Waals surface area contributed by atoms with E-state index in [0.29, 0.717) is 25.9 Å². The summed E-state index contributed by atoms with van der Waals surface area (Å²) >= 11 is 0. The second kappa shape index (κ2) is 5.61. The Morgan fingerprint density at radius 1 is 1.39 bits per heavy atom. The van der Waals surface area contributed by atoms with E-state index in [-0.39, 0.29) is 24.3 Å². The lowest BCUT2D eigenvalue weighted by atomic mass is 9.97. The van der Waals surface area contributed by atoms with Gasteiger partial charge in [-0.05, 0) is 12.8 Å². The number of methoxy groups -OCH3 is 1. The number of hydrogen-bond donors (Lipinski definition) is 0. The van der Waals surface area contributed by atoms with Crippen LogP contribution in [0.2, 0.25) is 0 Å². The van der Waals surface area contributed by atoms with Gasteiger partial charge in [0.25, 0.3) is 0 Å². The Bertz CT molecular complexity index is 410. The number of nitrogens with zero attached hydrogens (tertiary/aromatic N) is 4. The van der Waals surface area contributed by atoms with Crippen molar-refractivity contribution >= 4 is 11.9 Å². The van der Waals surface area contributed by atoms with E-state index < -0.39 is 0 Å². The van der Waals surface area contributed by atoms with Gasteiger partial charge in [-0.15, -0.1) is 0 Å². The van der Waals surface area contributed by atoms with Crippen LogP contribution in [0.4, 0.5) is 0 Å². The third-order valence-corrected chi connectivity index (χ3v) is 3.15. The van der Waals surface area contributed by atoms with E-state index in [1.807, 2.05) is 0 Å². The van der Waals surface area contributed by atoms with E-state index in [0.717, 1.165) is 0 Å². The molecule has 1 aliphatic heterocycles. The van der Waals surface area contributed by atoms with Gasteiger partial charge in [0, 0.05) is 13.1 Å².